The van der Waals surface area contributed by atoms with E-state index in [1.165, 1.54) is 6.07 Å². The van der Waals surface area contributed by atoms with Crippen molar-refractivity contribution < 1.29 is 14.1 Å². The standard InChI is InChI=1S/C21H27FN2O/c1-5-15(2)18-11-7-9-13-20(18)23-21(25)16(3)24(4)14-17-10-6-8-12-19(17)22/h6-13,15-16H,5,14H2,1-4H3,(H,23,25)/p+1/t15-,16-/m0/s1. The number of halogens is 1. The van der Waals surface area contributed by atoms with E-state index in [-0.39, 0.29) is 17.8 Å². The second-order valence-corrected chi connectivity index (χ2v) is 6.72. The first-order valence-corrected chi connectivity index (χ1v) is 8.89. The molecule has 2 aromatic rings. The Labute approximate surface area is 149 Å². The number of anilines is 1. The number of carbonyl (C=O) groups excluding carboxylic acids is 1. The van der Waals surface area contributed by atoms with Gasteiger partial charge in [0.2, 0.25) is 0 Å². The van der Waals surface area contributed by atoms with Crippen LogP contribution in [-0.2, 0) is 11.3 Å². The molecule has 25 heavy (non-hydrogen) atoms. The summed E-state index contributed by atoms with van der Waals surface area (Å²) in [6.07, 6.45) is 1.01. The molecule has 0 saturated heterocycles. The molecule has 0 aliphatic rings. The van der Waals surface area contributed by atoms with Crippen LogP contribution in [-0.4, -0.2) is 19.0 Å². The molecule has 0 saturated carbocycles. The van der Waals surface area contributed by atoms with Gasteiger partial charge in [-0.2, -0.15) is 0 Å². The predicted octanol–water partition coefficient (Wildman–Crippen LogP) is 3.38. The largest absolute Gasteiger partial charge is 0.324 e. The normalized spacial score (nSPS) is 14.6. The number of quaternary nitrogens is 1. The number of likely N-dealkylation sites (N-methyl/N-ethyl adjacent to an activating group) is 1. The quantitative estimate of drug-likeness (QED) is 0.794. The van der Waals surface area contributed by atoms with Crippen LogP contribution in [0.25, 0.3) is 0 Å². The van der Waals surface area contributed by atoms with Crippen LogP contribution in [0.4, 0.5) is 10.1 Å². The molecular formula is C21H28FN2O+. The van der Waals surface area contributed by atoms with E-state index in [2.05, 4.69) is 25.2 Å². The van der Waals surface area contributed by atoms with Gasteiger partial charge in [0.15, 0.2) is 6.04 Å². The monoisotopic (exact) mass is 343 g/mol. The van der Waals surface area contributed by atoms with Crippen LogP contribution >= 0.6 is 0 Å². The summed E-state index contributed by atoms with van der Waals surface area (Å²) in [6.45, 7) is 6.63. The molecule has 134 valence electrons. The lowest BCUT2D eigenvalue weighted by Crippen LogP contribution is -3.12. The molecule has 3 nitrogen and oxygen atoms in total. The van der Waals surface area contributed by atoms with Crippen molar-refractivity contribution in [3.8, 4) is 0 Å². The molecule has 3 atom stereocenters. The van der Waals surface area contributed by atoms with E-state index in [0.717, 1.165) is 22.6 Å². The van der Waals surface area contributed by atoms with E-state index in [4.69, 9.17) is 0 Å². The maximum absolute atomic E-state index is 13.8. The third-order valence-electron chi connectivity index (χ3n) is 4.92. The molecule has 0 bridgehead atoms. The Morgan fingerprint density at radius 3 is 2.44 bits per heavy atom. The minimum absolute atomic E-state index is 0.0513. The molecule has 1 amide bonds. The van der Waals surface area contributed by atoms with Gasteiger partial charge in [-0.15, -0.1) is 0 Å². The third kappa shape index (κ3) is 4.89. The zero-order valence-electron chi connectivity index (χ0n) is 15.5. The van der Waals surface area contributed by atoms with Crippen LogP contribution in [0, 0.1) is 5.82 Å². The van der Waals surface area contributed by atoms with Crippen molar-refractivity contribution in [2.75, 3.05) is 12.4 Å². The Kier molecular flexibility index (Phi) is 6.71. The minimum Gasteiger partial charge on any atom is -0.324 e. The Hall–Kier alpha value is -2.20. The smallest absolute Gasteiger partial charge is 0.282 e. The van der Waals surface area contributed by atoms with Gasteiger partial charge < -0.3 is 10.2 Å². The Morgan fingerprint density at radius 1 is 1.12 bits per heavy atom. The molecule has 0 heterocycles. The summed E-state index contributed by atoms with van der Waals surface area (Å²) in [5, 5.41) is 3.05. The summed E-state index contributed by atoms with van der Waals surface area (Å²) in [4.78, 5) is 13.6. The highest BCUT2D eigenvalue weighted by Crippen LogP contribution is 2.26. The molecule has 0 aromatic heterocycles. The van der Waals surface area contributed by atoms with E-state index in [0.29, 0.717) is 18.0 Å². The van der Waals surface area contributed by atoms with Gasteiger partial charge in [0.25, 0.3) is 5.91 Å². The highest BCUT2D eigenvalue weighted by molar-refractivity contribution is 5.94. The summed E-state index contributed by atoms with van der Waals surface area (Å²) in [6, 6.07) is 14.4. The number of hydrogen-bond acceptors (Lipinski definition) is 1. The lowest BCUT2D eigenvalue weighted by molar-refractivity contribution is -0.908. The molecule has 2 rings (SSSR count). The fourth-order valence-electron chi connectivity index (χ4n) is 2.82. The highest BCUT2D eigenvalue weighted by Gasteiger charge is 2.24. The zero-order chi connectivity index (χ0) is 18.4. The van der Waals surface area contributed by atoms with Crippen molar-refractivity contribution in [3.05, 3.63) is 65.5 Å². The van der Waals surface area contributed by atoms with Crippen LogP contribution in [0.2, 0.25) is 0 Å². The summed E-state index contributed by atoms with van der Waals surface area (Å²) >= 11 is 0. The molecule has 0 fully saturated rings. The lowest BCUT2D eigenvalue weighted by atomic mass is 9.97. The fraction of sp³-hybridized carbons (Fsp3) is 0.381. The predicted molar refractivity (Wildman–Crippen MR) is 100 cm³/mol. The van der Waals surface area contributed by atoms with Crippen molar-refractivity contribution in [2.24, 2.45) is 0 Å². The number of benzene rings is 2. The Bertz CT molecular complexity index is 717. The summed E-state index contributed by atoms with van der Waals surface area (Å²) in [7, 11) is 1.91. The van der Waals surface area contributed by atoms with E-state index in [1.807, 2.05) is 38.2 Å². The van der Waals surface area contributed by atoms with E-state index < -0.39 is 0 Å². The topological polar surface area (TPSA) is 33.5 Å². The van der Waals surface area contributed by atoms with Crippen LogP contribution in [0.5, 0.6) is 0 Å². The SMILES string of the molecule is CC[C@H](C)c1ccccc1NC(=O)[C@H](C)[NH+](C)Cc1ccccc1F. The van der Waals surface area contributed by atoms with Gasteiger partial charge >= 0.3 is 0 Å². The Balaban J connectivity index is 2.07. The average molecular weight is 343 g/mol. The van der Waals surface area contributed by atoms with Crippen LogP contribution in [0.3, 0.4) is 0 Å². The van der Waals surface area contributed by atoms with Crippen LogP contribution < -0.4 is 10.2 Å². The maximum atomic E-state index is 13.8. The molecule has 2 aromatic carbocycles. The maximum Gasteiger partial charge on any atom is 0.282 e. The number of carbonyl (C=O) groups is 1. The summed E-state index contributed by atoms with van der Waals surface area (Å²) < 4.78 is 13.8. The van der Waals surface area contributed by atoms with Crippen LogP contribution in [0.15, 0.2) is 48.5 Å². The molecule has 0 spiro atoms. The molecule has 0 aliphatic heterocycles. The van der Waals surface area contributed by atoms with Crippen molar-refractivity contribution in [3.63, 3.8) is 0 Å². The lowest BCUT2D eigenvalue weighted by Gasteiger charge is -2.22. The first-order chi connectivity index (χ1) is 11.9. The van der Waals surface area contributed by atoms with Gasteiger partial charge in [-0.05, 0) is 37.0 Å². The number of nitrogens with one attached hydrogen (secondary N) is 2. The summed E-state index contributed by atoms with van der Waals surface area (Å²) in [5.41, 5.74) is 2.64. The van der Waals surface area contributed by atoms with Gasteiger partial charge in [-0.25, -0.2) is 4.39 Å². The fourth-order valence-corrected chi connectivity index (χ4v) is 2.82. The van der Waals surface area contributed by atoms with Gasteiger partial charge in [0.05, 0.1) is 7.05 Å². The van der Waals surface area contributed by atoms with Gasteiger partial charge in [0.1, 0.15) is 12.4 Å². The zero-order valence-corrected chi connectivity index (χ0v) is 15.5. The van der Waals surface area contributed by atoms with Gasteiger partial charge in [0, 0.05) is 11.3 Å². The van der Waals surface area contributed by atoms with Gasteiger partial charge in [-0.1, -0.05) is 50.2 Å². The van der Waals surface area contributed by atoms with Gasteiger partial charge in [-0.3, -0.25) is 4.79 Å². The van der Waals surface area contributed by atoms with E-state index >= 15 is 0 Å². The van der Waals surface area contributed by atoms with Crippen molar-refractivity contribution >= 4 is 11.6 Å². The van der Waals surface area contributed by atoms with Crippen molar-refractivity contribution in [2.45, 2.75) is 45.7 Å². The second kappa shape index (κ2) is 8.77. The van der Waals surface area contributed by atoms with Crippen molar-refractivity contribution in [1.82, 2.24) is 0 Å². The van der Waals surface area contributed by atoms with Crippen molar-refractivity contribution in [1.29, 1.82) is 0 Å². The number of para-hydroxylation sites is 1. The molecule has 0 aliphatic carbocycles. The average Bonchev–Trinajstić information content (AvgIpc) is 2.62. The third-order valence-corrected chi connectivity index (χ3v) is 4.92. The first-order valence-electron chi connectivity index (χ1n) is 8.89. The highest BCUT2D eigenvalue weighted by atomic mass is 19.1. The molecule has 4 heteroatoms. The minimum atomic E-state index is -0.287. The number of amides is 1. The number of rotatable bonds is 7. The first kappa shape index (κ1) is 19.1. The molecular weight excluding hydrogens is 315 g/mol. The summed E-state index contributed by atoms with van der Waals surface area (Å²) in [5.74, 6) is 0.108. The number of hydrogen-bond donors (Lipinski definition) is 2. The second-order valence-electron chi connectivity index (χ2n) is 6.72. The molecule has 2 N–H and O–H groups in total. The molecule has 0 radical (unpaired) electrons. The Morgan fingerprint density at radius 2 is 1.76 bits per heavy atom. The van der Waals surface area contributed by atoms with E-state index in [9.17, 15) is 9.18 Å². The van der Waals surface area contributed by atoms with Crippen LogP contribution in [0.1, 0.15) is 44.2 Å². The van der Waals surface area contributed by atoms with E-state index in [1.54, 1.807) is 12.1 Å². The molecule has 1 unspecified atom stereocenters.